The summed E-state index contributed by atoms with van der Waals surface area (Å²) in [5, 5.41) is 5.57. The fourth-order valence-electron chi connectivity index (χ4n) is 3.52. The highest BCUT2D eigenvalue weighted by molar-refractivity contribution is 6.31. The van der Waals surface area contributed by atoms with Crippen LogP contribution in [0.25, 0.3) is 10.8 Å². The standard InChI is InChI=1S/C22H19ClN2O2/c1-14-9-10-17(23)12-19(14)24-22(27)16-11-21(26)25(13-16)20-8-4-6-15-5-2-3-7-18(15)20/h2-10,12,16H,11,13H2,1H3,(H,24,27)/t16-/m0/s1. The van der Waals surface area contributed by atoms with Crippen molar-refractivity contribution < 1.29 is 9.59 Å². The zero-order chi connectivity index (χ0) is 19.0. The average Bonchev–Trinajstić information content (AvgIpc) is 3.06. The van der Waals surface area contributed by atoms with Crippen molar-refractivity contribution in [2.45, 2.75) is 13.3 Å². The lowest BCUT2D eigenvalue weighted by Gasteiger charge is -2.19. The smallest absolute Gasteiger partial charge is 0.229 e. The molecule has 1 saturated heterocycles. The number of fused-ring (bicyclic) bond motifs is 1. The molecule has 27 heavy (non-hydrogen) atoms. The molecule has 136 valence electrons. The van der Waals surface area contributed by atoms with Gasteiger partial charge in [0.2, 0.25) is 11.8 Å². The quantitative estimate of drug-likeness (QED) is 0.712. The lowest BCUT2D eigenvalue weighted by molar-refractivity contribution is -0.122. The first-order valence-electron chi connectivity index (χ1n) is 8.88. The van der Waals surface area contributed by atoms with Crippen molar-refractivity contribution in [3.63, 3.8) is 0 Å². The molecule has 0 aliphatic carbocycles. The molecule has 0 aromatic heterocycles. The van der Waals surface area contributed by atoms with Crippen LogP contribution in [0.4, 0.5) is 11.4 Å². The second kappa shape index (κ2) is 7.05. The maximum absolute atomic E-state index is 12.7. The van der Waals surface area contributed by atoms with Crippen LogP contribution in [-0.4, -0.2) is 18.4 Å². The van der Waals surface area contributed by atoms with Gasteiger partial charge in [-0.3, -0.25) is 9.59 Å². The normalized spacial score (nSPS) is 16.7. The van der Waals surface area contributed by atoms with Gasteiger partial charge < -0.3 is 10.2 Å². The van der Waals surface area contributed by atoms with Gasteiger partial charge in [0, 0.05) is 29.1 Å². The molecule has 1 atom stereocenters. The Kier molecular flexibility index (Phi) is 4.58. The van der Waals surface area contributed by atoms with Crippen LogP contribution in [0.15, 0.2) is 60.7 Å². The van der Waals surface area contributed by atoms with Crippen molar-refractivity contribution in [3.8, 4) is 0 Å². The van der Waals surface area contributed by atoms with E-state index in [1.807, 2.05) is 55.5 Å². The van der Waals surface area contributed by atoms with Crippen molar-refractivity contribution in [1.82, 2.24) is 0 Å². The third-order valence-electron chi connectivity index (χ3n) is 5.01. The van der Waals surface area contributed by atoms with Gasteiger partial charge >= 0.3 is 0 Å². The molecule has 4 nitrogen and oxygen atoms in total. The van der Waals surface area contributed by atoms with Gasteiger partial charge in [-0.05, 0) is 36.1 Å². The Bertz CT molecular complexity index is 1040. The van der Waals surface area contributed by atoms with E-state index in [-0.39, 0.29) is 18.2 Å². The minimum absolute atomic E-state index is 0.0330. The summed E-state index contributed by atoms with van der Waals surface area (Å²) in [6, 6.07) is 19.2. The van der Waals surface area contributed by atoms with Crippen molar-refractivity contribution in [1.29, 1.82) is 0 Å². The molecule has 0 bridgehead atoms. The first-order valence-corrected chi connectivity index (χ1v) is 9.26. The first kappa shape index (κ1) is 17.6. The molecule has 2 amide bonds. The van der Waals surface area contributed by atoms with Gasteiger partial charge in [0.1, 0.15) is 0 Å². The van der Waals surface area contributed by atoms with E-state index >= 15 is 0 Å². The average molecular weight is 379 g/mol. The van der Waals surface area contributed by atoms with Crippen LogP contribution in [0, 0.1) is 12.8 Å². The van der Waals surface area contributed by atoms with Gasteiger partial charge in [-0.25, -0.2) is 0 Å². The third-order valence-corrected chi connectivity index (χ3v) is 5.25. The van der Waals surface area contributed by atoms with Crippen LogP contribution >= 0.6 is 11.6 Å². The molecule has 0 saturated carbocycles. The summed E-state index contributed by atoms with van der Waals surface area (Å²) in [6.45, 7) is 2.28. The number of halogens is 1. The predicted octanol–water partition coefficient (Wildman–Crippen LogP) is 4.79. The minimum atomic E-state index is -0.394. The summed E-state index contributed by atoms with van der Waals surface area (Å²) in [7, 11) is 0. The number of carbonyl (C=O) groups excluding carboxylic acids is 2. The Morgan fingerprint density at radius 1 is 1.11 bits per heavy atom. The molecule has 1 heterocycles. The van der Waals surface area contributed by atoms with Gasteiger partial charge in [0.25, 0.3) is 0 Å². The van der Waals surface area contributed by atoms with Crippen LogP contribution in [-0.2, 0) is 9.59 Å². The van der Waals surface area contributed by atoms with Crippen molar-refractivity contribution in [2.24, 2.45) is 5.92 Å². The molecule has 1 aliphatic heterocycles. The van der Waals surface area contributed by atoms with E-state index < -0.39 is 5.92 Å². The van der Waals surface area contributed by atoms with Gasteiger partial charge in [0.15, 0.2) is 0 Å². The Labute approximate surface area is 162 Å². The lowest BCUT2D eigenvalue weighted by atomic mass is 10.1. The number of nitrogens with zero attached hydrogens (tertiary/aromatic N) is 1. The van der Waals surface area contributed by atoms with Crippen LogP contribution in [0.3, 0.4) is 0 Å². The third kappa shape index (κ3) is 3.40. The van der Waals surface area contributed by atoms with Gasteiger partial charge in [-0.1, -0.05) is 54.1 Å². The highest BCUT2D eigenvalue weighted by Gasteiger charge is 2.35. The van der Waals surface area contributed by atoms with E-state index in [0.29, 0.717) is 17.3 Å². The molecule has 3 aromatic carbocycles. The molecule has 1 aliphatic rings. The van der Waals surface area contributed by atoms with Crippen molar-refractivity contribution in [3.05, 3.63) is 71.2 Å². The fourth-order valence-corrected chi connectivity index (χ4v) is 3.70. The monoisotopic (exact) mass is 378 g/mol. The van der Waals surface area contributed by atoms with E-state index in [2.05, 4.69) is 5.32 Å². The zero-order valence-corrected chi connectivity index (χ0v) is 15.7. The Morgan fingerprint density at radius 3 is 2.74 bits per heavy atom. The second-order valence-electron chi connectivity index (χ2n) is 6.85. The number of hydrogen-bond acceptors (Lipinski definition) is 2. The van der Waals surface area contributed by atoms with E-state index in [1.165, 1.54) is 0 Å². The number of benzene rings is 3. The SMILES string of the molecule is Cc1ccc(Cl)cc1NC(=O)[C@H]1CC(=O)N(c2cccc3ccccc23)C1. The summed E-state index contributed by atoms with van der Waals surface area (Å²) >= 11 is 6.03. The summed E-state index contributed by atoms with van der Waals surface area (Å²) in [5.74, 6) is -0.583. The molecule has 5 heteroatoms. The second-order valence-corrected chi connectivity index (χ2v) is 7.29. The molecule has 0 spiro atoms. The summed E-state index contributed by atoms with van der Waals surface area (Å²) < 4.78 is 0. The molecule has 4 rings (SSSR count). The Balaban J connectivity index is 1.57. The number of amides is 2. The van der Waals surface area contributed by atoms with E-state index in [9.17, 15) is 9.59 Å². The highest BCUT2D eigenvalue weighted by atomic mass is 35.5. The first-order chi connectivity index (χ1) is 13.0. The molecular weight excluding hydrogens is 360 g/mol. The molecule has 0 unspecified atom stereocenters. The van der Waals surface area contributed by atoms with Crippen LogP contribution in [0.2, 0.25) is 5.02 Å². The highest BCUT2D eigenvalue weighted by Crippen LogP contribution is 2.32. The topological polar surface area (TPSA) is 49.4 Å². The summed E-state index contributed by atoms with van der Waals surface area (Å²) in [6.07, 6.45) is 0.203. The molecule has 0 radical (unpaired) electrons. The maximum Gasteiger partial charge on any atom is 0.229 e. The number of carbonyl (C=O) groups is 2. The van der Waals surface area contributed by atoms with Crippen LogP contribution in [0.1, 0.15) is 12.0 Å². The number of nitrogens with one attached hydrogen (secondary N) is 1. The van der Waals surface area contributed by atoms with Crippen LogP contribution in [0.5, 0.6) is 0 Å². The predicted molar refractivity (Wildman–Crippen MR) is 109 cm³/mol. The fraction of sp³-hybridized carbons (Fsp3) is 0.182. The Hall–Kier alpha value is -2.85. The van der Waals surface area contributed by atoms with E-state index in [1.54, 1.807) is 17.0 Å². The molecule has 1 N–H and O–H groups in total. The van der Waals surface area contributed by atoms with E-state index in [4.69, 9.17) is 11.6 Å². The maximum atomic E-state index is 12.7. The van der Waals surface area contributed by atoms with Crippen molar-refractivity contribution in [2.75, 3.05) is 16.8 Å². The van der Waals surface area contributed by atoms with Gasteiger partial charge in [-0.15, -0.1) is 0 Å². The van der Waals surface area contributed by atoms with Gasteiger partial charge in [0.05, 0.1) is 11.6 Å². The van der Waals surface area contributed by atoms with Crippen molar-refractivity contribution >= 4 is 45.6 Å². The zero-order valence-electron chi connectivity index (χ0n) is 14.9. The number of hydrogen-bond donors (Lipinski definition) is 1. The lowest BCUT2D eigenvalue weighted by Crippen LogP contribution is -2.28. The van der Waals surface area contributed by atoms with Gasteiger partial charge in [-0.2, -0.15) is 0 Å². The number of anilines is 2. The van der Waals surface area contributed by atoms with Crippen LogP contribution < -0.4 is 10.2 Å². The Morgan fingerprint density at radius 2 is 1.89 bits per heavy atom. The molecule has 1 fully saturated rings. The number of aryl methyl sites for hydroxylation is 1. The summed E-state index contributed by atoms with van der Waals surface area (Å²) in [4.78, 5) is 27.1. The minimum Gasteiger partial charge on any atom is -0.325 e. The number of rotatable bonds is 3. The largest absolute Gasteiger partial charge is 0.325 e. The van der Waals surface area contributed by atoms with E-state index in [0.717, 1.165) is 22.0 Å². The molecule has 3 aromatic rings. The summed E-state index contributed by atoms with van der Waals surface area (Å²) in [5.41, 5.74) is 2.47. The molecular formula is C22H19ClN2O2.